The maximum atomic E-state index is 14.8. The molecule has 0 aliphatic carbocycles. The summed E-state index contributed by atoms with van der Waals surface area (Å²) in [5, 5.41) is 0.595. The normalized spacial score (nSPS) is 21.8. The monoisotopic (exact) mass is 540 g/mol. The summed E-state index contributed by atoms with van der Waals surface area (Å²) in [5.41, 5.74) is 1.49. The van der Waals surface area contributed by atoms with Crippen LogP contribution in [0.3, 0.4) is 0 Å². The van der Waals surface area contributed by atoms with Crippen molar-refractivity contribution in [2.24, 2.45) is 0 Å². The van der Waals surface area contributed by atoms with E-state index in [1.807, 2.05) is 55.5 Å². The molecule has 7 rings (SSSR count). The molecule has 4 aromatic rings. The largest absolute Gasteiger partial charge is 0.450 e. The molecular formula is C31H25ClN2O5. The van der Waals surface area contributed by atoms with Crippen LogP contribution in [0.25, 0.3) is 11.0 Å². The Hall–Kier alpha value is -3.94. The number of rotatable bonds is 4. The van der Waals surface area contributed by atoms with E-state index in [1.54, 1.807) is 17.0 Å². The van der Waals surface area contributed by atoms with Crippen LogP contribution in [0.4, 0.5) is 5.69 Å². The quantitative estimate of drug-likeness (QED) is 0.356. The molecule has 0 saturated carbocycles. The Kier molecular flexibility index (Phi) is 5.44. The number of hydrogen-bond donors (Lipinski definition) is 0. The number of carbonyl (C=O) groups excluding carboxylic acids is 2. The van der Waals surface area contributed by atoms with Gasteiger partial charge < -0.3 is 19.0 Å². The molecule has 196 valence electrons. The summed E-state index contributed by atoms with van der Waals surface area (Å²) in [6.07, 6.45) is 1.39. The van der Waals surface area contributed by atoms with Gasteiger partial charge in [-0.2, -0.15) is 0 Å². The number of hydrogen-bond acceptors (Lipinski definition) is 5. The second kappa shape index (κ2) is 8.79. The molecule has 1 spiro atoms. The highest BCUT2D eigenvalue weighted by Crippen LogP contribution is 2.53. The summed E-state index contributed by atoms with van der Waals surface area (Å²) in [4.78, 5) is 46.3. The molecule has 1 aromatic heterocycles. The number of carbonyl (C=O) groups is 2. The molecule has 3 aromatic carbocycles. The van der Waals surface area contributed by atoms with Gasteiger partial charge in [0.2, 0.25) is 5.76 Å². The first kappa shape index (κ1) is 24.1. The van der Waals surface area contributed by atoms with Crippen LogP contribution in [0.1, 0.15) is 45.7 Å². The summed E-state index contributed by atoms with van der Waals surface area (Å²) in [6, 6.07) is 20.1. The van der Waals surface area contributed by atoms with Crippen molar-refractivity contribution in [3.05, 3.63) is 110 Å². The van der Waals surface area contributed by atoms with Crippen LogP contribution in [0.15, 0.2) is 75.9 Å². The third-order valence-corrected chi connectivity index (χ3v) is 8.30. The van der Waals surface area contributed by atoms with E-state index in [9.17, 15) is 14.4 Å². The summed E-state index contributed by atoms with van der Waals surface area (Å²) < 4.78 is 12.0. The highest BCUT2D eigenvalue weighted by molar-refractivity contribution is 6.31. The van der Waals surface area contributed by atoms with Crippen molar-refractivity contribution >= 4 is 40.1 Å². The number of amides is 2. The van der Waals surface area contributed by atoms with E-state index in [2.05, 4.69) is 0 Å². The minimum absolute atomic E-state index is 0.0455. The maximum absolute atomic E-state index is 14.8. The van der Waals surface area contributed by atoms with Crippen molar-refractivity contribution in [1.29, 1.82) is 0 Å². The van der Waals surface area contributed by atoms with Crippen molar-refractivity contribution in [3.8, 4) is 0 Å². The van der Waals surface area contributed by atoms with Crippen molar-refractivity contribution < 1.29 is 18.7 Å². The highest BCUT2D eigenvalue weighted by Gasteiger charge is 2.65. The first-order chi connectivity index (χ1) is 18.9. The Morgan fingerprint density at radius 3 is 2.59 bits per heavy atom. The van der Waals surface area contributed by atoms with E-state index < -0.39 is 16.9 Å². The number of halogens is 1. The Labute approximate surface area is 229 Å². The molecule has 0 bridgehead atoms. The molecule has 2 amide bonds. The summed E-state index contributed by atoms with van der Waals surface area (Å²) in [6.45, 7) is 3.06. The second-order valence-corrected chi connectivity index (χ2v) is 10.9. The van der Waals surface area contributed by atoms with Crippen LogP contribution in [0.5, 0.6) is 0 Å². The lowest BCUT2D eigenvalue weighted by atomic mass is 9.83. The Morgan fingerprint density at radius 1 is 1.03 bits per heavy atom. The second-order valence-electron chi connectivity index (χ2n) is 10.4. The first-order valence-electron chi connectivity index (χ1n) is 13.1. The molecule has 3 aliphatic heterocycles. The topological polar surface area (TPSA) is 80.1 Å². The fraction of sp³-hybridized carbons (Fsp3) is 0.258. The number of aryl methyl sites for hydroxylation is 1. The molecule has 3 aliphatic rings. The average Bonchev–Trinajstić information content (AvgIpc) is 3.60. The van der Waals surface area contributed by atoms with E-state index in [0.717, 1.165) is 24.0 Å². The van der Waals surface area contributed by atoms with Crippen molar-refractivity contribution in [3.63, 3.8) is 0 Å². The summed E-state index contributed by atoms with van der Waals surface area (Å²) in [7, 11) is 0. The minimum atomic E-state index is -1.67. The van der Waals surface area contributed by atoms with Gasteiger partial charge in [0.15, 0.2) is 11.0 Å². The van der Waals surface area contributed by atoms with Crippen LogP contribution < -0.4 is 10.3 Å². The number of benzene rings is 3. The van der Waals surface area contributed by atoms with E-state index in [-0.39, 0.29) is 40.8 Å². The van der Waals surface area contributed by atoms with Gasteiger partial charge in [0, 0.05) is 23.7 Å². The molecule has 0 N–H and O–H groups in total. The molecule has 8 heteroatoms. The molecule has 2 atom stereocenters. The molecule has 2 unspecified atom stereocenters. The van der Waals surface area contributed by atoms with Gasteiger partial charge in [-0.1, -0.05) is 59.6 Å². The molecule has 39 heavy (non-hydrogen) atoms. The zero-order valence-electron chi connectivity index (χ0n) is 21.3. The SMILES string of the molecule is Cc1ccc(CN2C(=O)C3(c4ccccc42)c2c(oc4ccc(Cl)cc4c2=O)C(=O)N3CC2CCCO2)cc1. The number of para-hydroxylation sites is 1. The lowest BCUT2D eigenvalue weighted by molar-refractivity contribution is -0.126. The van der Waals surface area contributed by atoms with Gasteiger partial charge in [-0.3, -0.25) is 14.4 Å². The van der Waals surface area contributed by atoms with Gasteiger partial charge in [0.1, 0.15) is 5.58 Å². The number of anilines is 1. The molecular weight excluding hydrogens is 516 g/mol. The average molecular weight is 541 g/mol. The zero-order valence-corrected chi connectivity index (χ0v) is 22.0. The zero-order chi connectivity index (χ0) is 26.9. The summed E-state index contributed by atoms with van der Waals surface area (Å²) >= 11 is 6.25. The van der Waals surface area contributed by atoms with Crippen molar-refractivity contribution in [2.75, 3.05) is 18.1 Å². The highest BCUT2D eigenvalue weighted by atomic mass is 35.5. The van der Waals surface area contributed by atoms with Crippen LogP contribution >= 0.6 is 11.6 Å². The fourth-order valence-electron chi connectivity index (χ4n) is 6.24. The number of fused-ring (bicyclic) bond motifs is 5. The number of nitrogens with zero attached hydrogens (tertiary/aromatic N) is 2. The lowest BCUT2D eigenvalue weighted by Crippen LogP contribution is -2.55. The van der Waals surface area contributed by atoms with Crippen LogP contribution in [0, 0.1) is 6.92 Å². The molecule has 4 heterocycles. The predicted octanol–water partition coefficient (Wildman–Crippen LogP) is 5.18. The number of ether oxygens (including phenoxy) is 1. The van der Waals surface area contributed by atoms with Gasteiger partial charge in [-0.25, -0.2) is 0 Å². The van der Waals surface area contributed by atoms with Crippen LogP contribution in [-0.4, -0.2) is 36.0 Å². The Balaban J connectivity index is 1.49. The Morgan fingerprint density at radius 2 is 1.82 bits per heavy atom. The van der Waals surface area contributed by atoms with E-state index >= 15 is 0 Å². The Bertz CT molecular complexity index is 1720. The van der Waals surface area contributed by atoms with Crippen molar-refractivity contribution in [1.82, 2.24) is 4.90 Å². The first-order valence-corrected chi connectivity index (χ1v) is 13.4. The molecule has 1 saturated heterocycles. The van der Waals surface area contributed by atoms with Crippen LogP contribution in [-0.2, 0) is 21.6 Å². The molecule has 0 radical (unpaired) electrons. The minimum Gasteiger partial charge on any atom is -0.450 e. The lowest BCUT2D eigenvalue weighted by Gasteiger charge is -2.35. The summed E-state index contributed by atoms with van der Waals surface area (Å²) in [5.74, 6) is -0.953. The van der Waals surface area contributed by atoms with Gasteiger partial charge in [-0.15, -0.1) is 0 Å². The predicted molar refractivity (Wildman–Crippen MR) is 147 cm³/mol. The van der Waals surface area contributed by atoms with E-state index in [0.29, 0.717) is 29.4 Å². The van der Waals surface area contributed by atoms with E-state index in [1.165, 1.54) is 11.0 Å². The van der Waals surface area contributed by atoms with Gasteiger partial charge >= 0.3 is 0 Å². The van der Waals surface area contributed by atoms with Gasteiger partial charge in [-0.05, 0) is 49.6 Å². The fourth-order valence-corrected chi connectivity index (χ4v) is 6.41. The third kappa shape index (κ3) is 3.43. The van der Waals surface area contributed by atoms with Crippen molar-refractivity contribution in [2.45, 2.75) is 38.0 Å². The molecule has 7 nitrogen and oxygen atoms in total. The standard InChI is InChI=1S/C31H25ClN2O5/c1-18-8-10-19(11-9-18)16-33-24-7-3-2-6-23(24)31(30(33)37)26-27(35)22-15-20(32)12-13-25(22)39-28(26)29(36)34(31)17-21-5-4-14-38-21/h2-3,6-13,15,21H,4-5,14,16-17H2,1H3. The smallest absolute Gasteiger partial charge is 0.291 e. The molecule has 1 fully saturated rings. The van der Waals surface area contributed by atoms with E-state index in [4.69, 9.17) is 20.8 Å². The third-order valence-electron chi connectivity index (χ3n) is 8.07. The van der Waals surface area contributed by atoms with Gasteiger partial charge in [0.05, 0.1) is 29.3 Å². The van der Waals surface area contributed by atoms with Gasteiger partial charge in [0.25, 0.3) is 11.8 Å². The van der Waals surface area contributed by atoms with Crippen LogP contribution in [0.2, 0.25) is 5.02 Å². The maximum Gasteiger partial charge on any atom is 0.291 e.